The van der Waals surface area contributed by atoms with Crippen molar-refractivity contribution in [2.45, 2.75) is 58.5 Å². The summed E-state index contributed by atoms with van der Waals surface area (Å²) < 4.78 is 16.4. The number of rotatable bonds is 15. The van der Waals surface area contributed by atoms with Gasteiger partial charge in [-0.05, 0) is 50.3 Å². The highest BCUT2D eigenvalue weighted by Gasteiger charge is 2.28. The minimum atomic E-state index is -1.20. The lowest BCUT2D eigenvalue weighted by Gasteiger charge is -2.18. The van der Waals surface area contributed by atoms with Crippen molar-refractivity contribution in [1.82, 2.24) is 15.6 Å². The van der Waals surface area contributed by atoms with E-state index in [0.717, 1.165) is 0 Å². The third kappa shape index (κ3) is 9.51. The Bertz CT molecular complexity index is 1170. The first kappa shape index (κ1) is 30.9. The van der Waals surface area contributed by atoms with Crippen LogP contribution in [0.1, 0.15) is 66.9 Å². The number of ether oxygens (including phenoxy) is 2. The summed E-state index contributed by atoms with van der Waals surface area (Å²) in [6.45, 7) is 5.74. The van der Waals surface area contributed by atoms with E-state index in [2.05, 4.69) is 20.6 Å². The Labute approximate surface area is 227 Å². The number of methoxy groups -OCH3 is 2. The molecule has 1 aromatic heterocycles. The molecule has 7 N–H and O–H groups in total. The van der Waals surface area contributed by atoms with Crippen molar-refractivity contribution < 1.29 is 33.4 Å². The number of aliphatic carboxylic acids is 1. The van der Waals surface area contributed by atoms with Gasteiger partial charge in [0.15, 0.2) is 11.7 Å². The molecule has 0 saturated heterocycles. The summed E-state index contributed by atoms with van der Waals surface area (Å²) in [6.07, 6.45) is 0.965. The number of nitrogens with two attached hydrogens (primary N) is 2. The number of aromatic nitrogens is 1. The summed E-state index contributed by atoms with van der Waals surface area (Å²) in [5.74, 6) is -0.659. The Morgan fingerprint density at radius 2 is 1.87 bits per heavy atom. The van der Waals surface area contributed by atoms with Crippen LogP contribution in [-0.2, 0) is 16.0 Å². The number of carboxylic acid groups (broad SMARTS) is 1. The summed E-state index contributed by atoms with van der Waals surface area (Å²) in [5, 5.41) is 14.9. The number of nitrogens with zero attached hydrogens (tertiary/aromatic N) is 2. The van der Waals surface area contributed by atoms with Crippen molar-refractivity contribution in [2.24, 2.45) is 22.4 Å². The predicted octanol–water partition coefficient (Wildman–Crippen LogP) is 1.68. The van der Waals surface area contributed by atoms with E-state index in [1.165, 1.54) is 14.2 Å². The number of guanidine groups is 1. The monoisotopic (exact) mass is 546 g/mol. The minimum Gasteiger partial charge on any atom is -0.497 e. The van der Waals surface area contributed by atoms with Crippen molar-refractivity contribution in [3.63, 3.8) is 0 Å². The fourth-order valence-electron chi connectivity index (χ4n) is 3.90. The maximum atomic E-state index is 13.0. The summed E-state index contributed by atoms with van der Waals surface area (Å²) in [7, 11) is 3.06. The van der Waals surface area contributed by atoms with Crippen LogP contribution in [0, 0.1) is 12.8 Å². The van der Waals surface area contributed by atoms with Crippen LogP contribution in [-0.4, -0.2) is 60.6 Å². The fraction of sp³-hybridized carbons (Fsp3) is 0.500. The number of aliphatic imine (C=N–C) groups is 1. The Morgan fingerprint density at radius 3 is 2.46 bits per heavy atom. The van der Waals surface area contributed by atoms with Crippen molar-refractivity contribution in [2.75, 3.05) is 20.8 Å². The molecule has 0 fully saturated rings. The van der Waals surface area contributed by atoms with Crippen LogP contribution in [0.3, 0.4) is 0 Å². The molecule has 2 aromatic rings. The van der Waals surface area contributed by atoms with E-state index in [9.17, 15) is 19.5 Å². The molecular formula is C26H38N6O7. The molecule has 0 bridgehead atoms. The molecule has 1 aromatic carbocycles. The maximum Gasteiger partial charge on any atom is 0.326 e. The summed E-state index contributed by atoms with van der Waals surface area (Å²) >= 11 is 0. The normalized spacial score (nSPS) is 12.4. The molecular weight excluding hydrogens is 508 g/mol. The fourth-order valence-corrected chi connectivity index (χ4v) is 3.90. The van der Waals surface area contributed by atoms with Gasteiger partial charge < -0.3 is 41.1 Å². The molecule has 0 aliphatic heterocycles. The number of carbonyl (C=O) groups excluding carboxylic acids is 2. The number of oxazole rings is 1. The number of hydrogen-bond acceptors (Lipinski definition) is 8. The molecule has 2 atom stereocenters. The first-order valence-corrected chi connectivity index (χ1v) is 12.5. The van der Waals surface area contributed by atoms with Crippen LogP contribution in [0.2, 0.25) is 0 Å². The third-order valence-electron chi connectivity index (χ3n) is 5.76. The number of nitrogens with one attached hydrogen (secondary N) is 2. The van der Waals surface area contributed by atoms with Crippen molar-refractivity contribution in [3.05, 3.63) is 41.1 Å². The van der Waals surface area contributed by atoms with Gasteiger partial charge in [-0.3, -0.25) is 14.6 Å². The topological polar surface area (TPSA) is 204 Å². The number of hydrogen-bond donors (Lipinski definition) is 5. The molecule has 39 heavy (non-hydrogen) atoms. The smallest absolute Gasteiger partial charge is 0.326 e. The summed E-state index contributed by atoms with van der Waals surface area (Å²) in [4.78, 5) is 45.7. The van der Waals surface area contributed by atoms with E-state index in [1.54, 1.807) is 25.1 Å². The molecule has 214 valence electrons. The SMILES string of the molecule is COc1ccc(OC)c(CC(=O)NC(CC(C)C)c2nc(C(=O)N[C@@H](CCCN=C(N)N)C(=O)O)c(C)o2)c1. The Morgan fingerprint density at radius 1 is 1.15 bits per heavy atom. The summed E-state index contributed by atoms with van der Waals surface area (Å²) in [5.41, 5.74) is 11.1. The quantitative estimate of drug-likeness (QED) is 0.124. The van der Waals surface area contributed by atoms with Gasteiger partial charge in [0.2, 0.25) is 11.8 Å². The Kier molecular flexibility index (Phi) is 11.6. The lowest BCUT2D eigenvalue weighted by Crippen LogP contribution is -2.41. The van der Waals surface area contributed by atoms with Gasteiger partial charge >= 0.3 is 5.97 Å². The van der Waals surface area contributed by atoms with Gasteiger partial charge in [0.1, 0.15) is 29.3 Å². The molecule has 0 saturated carbocycles. The second-order valence-electron chi connectivity index (χ2n) is 9.37. The van der Waals surface area contributed by atoms with Gasteiger partial charge in [-0.15, -0.1) is 0 Å². The average molecular weight is 547 g/mol. The second kappa shape index (κ2) is 14.6. The minimum absolute atomic E-state index is 0.0160. The predicted molar refractivity (Wildman–Crippen MR) is 144 cm³/mol. The van der Waals surface area contributed by atoms with E-state index >= 15 is 0 Å². The zero-order chi connectivity index (χ0) is 29.1. The van der Waals surface area contributed by atoms with Crippen molar-refractivity contribution >= 4 is 23.7 Å². The van der Waals surface area contributed by atoms with Crippen LogP contribution < -0.4 is 31.6 Å². The first-order chi connectivity index (χ1) is 18.4. The molecule has 0 aliphatic carbocycles. The van der Waals surface area contributed by atoms with Gasteiger partial charge in [-0.25, -0.2) is 9.78 Å². The van der Waals surface area contributed by atoms with Gasteiger partial charge in [-0.2, -0.15) is 0 Å². The van der Waals surface area contributed by atoms with E-state index in [-0.39, 0.29) is 54.5 Å². The zero-order valence-electron chi connectivity index (χ0n) is 22.9. The van der Waals surface area contributed by atoms with Gasteiger partial charge in [0.25, 0.3) is 5.91 Å². The highest BCUT2D eigenvalue weighted by molar-refractivity contribution is 5.95. The molecule has 13 nitrogen and oxygen atoms in total. The lowest BCUT2D eigenvalue weighted by molar-refractivity contribution is -0.139. The number of aryl methyl sites for hydroxylation is 1. The molecule has 0 aliphatic rings. The van der Waals surface area contributed by atoms with Gasteiger partial charge in [0.05, 0.1) is 20.6 Å². The van der Waals surface area contributed by atoms with Crippen LogP contribution >= 0.6 is 0 Å². The number of amides is 2. The molecule has 1 heterocycles. The molecule has 2 rings (SSSR count). The largest absolute Gasteiger partial charge is 0.497 e. The highest BCUT2D eigenvalue weighted by Crippen LogP contribution is 2.26. The molecule has 2 amide bonds. The van der Waals surface area contributed by atoms with E-state index in [4.69, 9.17) is 25.4 Å². The lowest BCUT2D eigenvalue weighted by atomic mass is 10.0. The number of carboxylic acids is 1. The second-order valence-corrected chi connectivity index (χ2v) is 9.37. The highest BCUT2D eigenvalue weighted by atomic mass is 16.5. The van der Waals surface area contributed by atoms with E-state index in [1.807, 2.05) is 13.8 Å². The average Bonchev–Trinajstić information content (AvgIpc) is 3.26. The number of benzene rings is 1. The van der Waals surface area contributed by atoms with Crippen LogP contribution in [0.5, 0.6) is 11.5 Å². The molecule has 13 heteroatoms. The van der Waals surface area contributed by atoms with Crippen molar-refractivity contribution in [3.8, 4) is 11.5 Å². The Balaban J connectivity index is 2.18. The zero-order valence-corrected chi connectivity index (χ0v) is 22.9. The van der Waals surface area contributed by atoms with E-state index < -0.39 is 24.0 Å². The van der Waals surface area contributed by atoms with Gasteiger partial charge in [0, 0.05) is 12.1 Å². The van der Waals surface area contributed by atoms with Crippen molar-refractivity contribution in [1.29, 1.82) is 0 Å². The standard InChI is InChI=1S/C26H38N6O7/c1-14(2)11-19(30-21(33)13-16-12-17(37-4)8-9-20(16)38-5)24-32-22(15(3)39-24)23(34)31-18(25(35)36)7-6-10-29-26(27)28/h8-9,12,14,18-19H,6-7,10-11,13H2,1-5H3,(H,30,33)(H,31,34)(H,35,36)(H4,27,28,29)/t18-,19?/m0/s1. The summed E-state index contributed by atoms with van der Waals surface area (Å²) in [6, 6.07) is 3.40. The number of carbonyl (C=O) groups is 3. The third-order valence-corrected chi connectivity index (χ3v) is 5.76. The van der Waals surface area contributed by atoms with E-state index in [0.29, 0.717) is 29.9 Å². The molecule has 1 unspecified atom stereocenters. The van der Waals surface area contributed by atoms with Crippen LogP contribution in [0.4, 0.5) is 0 Å². The maximum absolute atomic E-state index is 13.0. The van der Waals surface area contributed by atoms with Crippen LogP contribution in [0.25, 0.3) is 0 Å². The van der Waals surface area contributed by atoms with Gasteiger partial charge in [-0.1, -0.05) is 13.8 Å². The molecule has 0 spiro atoms. The van der Waals surface area contributed by atoms with Crippen LogP contribution in [0.15, 0.2) is 27.6 Å². The molecule has 0 radical (unpaired) electrons. The Hall–Kier alpha value is -4.29. The first-order valence-electron chi connectivity index (χ1n) is 12.5.